The summed E-state index contributed by atoms with van der Waals surface area (Å²) in [5.74, 6) is -0.125. The molecule has 1 heterocycles. The zero-order valence-electron chi connectivity index (χ0n) is 9.42. The Labute approximate surface area is 95.8 Å². The van der Waals surface area contributed by atoms with Crippen LogP contribution in [0.25, 0.3) is 0 Å². The number of halogens is 1. The lowest BCUT2D eigenvalue weighted by Gasteiger charge is -2.15. The number of rotatable bonds is 3. The van der Waals surface area contributed by atoms with Crippen molar-refractivity contribution in [3.8, 4) is 0 Å². The quantitative estimate of drug-likeness (QED) is 0.850. The standard InChI is InChI=1S/C13H18FNO/c14-13-6-2-1-4-11(13)10-15-12-5-3-8-16-9-7-12/h1-2,4,6,12,15H,3,5,7-10H2/t12-/m1/s1. The highest BCUT2D eigenvalue weighted by molar-refractivity contribution is 5.17. The molecule has 1 N–H and O–H groups in total. The third-order valence-electron chi connectivity index (χ3n) is 2.99. The first-order valence-electron chi connectivity index (χ1n) is 5.91. The van der Waals surface area contributed by atoms with Crippen molar-refractivity contribution in [1.29, 1.82) is 0 Å². The van der Waals surface area contributed by atoms with Gasteiger partial charge >= 0.3 is 0 Å². The molecule has 0 spiro atoms. The normalized spacial score (nSPS) is 21.7. The van der Waals surface area contributed by atoms with E-state index >= 15 is 0 Å². The average molecular weight is 223 g/mol. The van der Waals surface area contributed by atoms with Crippen molar-refractivity contribution in [2.75, 3.05) is 13.2 Å². The number of ether oxygens (including phenoxy) is 1. The second kappa shape index (κ2) is 5.97. The predicted molar refractivity (Wildman–Crippen MR) is 61.7 cm³/mol. The molecule has 88 valence electrons. The van der Waals surface area contributed by atoms with Crippen LogP contribution < -0.4 is 5.32 Å². The van der Waals surface area contributed by atoms with Gasteiger partial charge in [0, 0.05) is 31.4 Å². The molecule has 0 saturated carbocycles. The van der Waals surface area contributed by atoms with Gasteiger partial charge in [0.1, 0.15) is 5.82 Å². The highest BCUT2D eigenvalue weighted by atomic mass is 19.1. The monoisotopic (exact) mass is 223 g/mol. The van der Waals surface area contributed by atoms with Crippen LogP contribution in [0.15, 0.2) is 24.3 Å². The van der Waals surface area contributed by atoms with Gasteiger partial charge in [0.25, 0.3) is 0 Å². The first-order valence-corrected chi connectivity index (χ1v) is 5.91. The molecule has 16 heavy (non-hydrogen) atoms. The van der Waals surface area contributed by atoms with Crippen molar-refractivity contribution in [1.82, 2.24) is 5.32 Å². The van der Waals surface area contributed by atoms with Crippen molar-refractivity contribution in [3.05, 3.63) is 35.6 Å². The Bertz CT molecular complexity index is 321. The maximum absolute atomic E-state index is 13.4. The van der Waals surface area contributed by atoms with Crippen molar-refractivity contribution >= 4 is 0 Å². The molecule has 1 fully saturated rings. The molecule has 0 amide bonds. The van der Waals surface area contributed by atoms with Crippen LogP contribution in [0.3, 0.4) is 0 Å². The molecule has 1 atom stereocenters. The number of hydrogen-bond acceptors (Lipinski definition) is 2. The van der Waals surface area contributed by atoms with E-state index in [1.165, 1.54) is 6.07 Å². The first kappa shape index (κ1) is 11.6. The Balaban J connectivity index is 1.84. The summed E-state index contributed by atoms with van der Waals surface area (Å²) < 4.78 is 18.7. The molecule has 0 aliphatic carbocycles. The van der Waals surface area contributed by atoms with Crippen LogP contribution >= 0.6 is 0 Å². The lowest BCUT2D eigenvalue weighted by atomic mass is 10.1. The molecule has 0 radical (unpaired) electrons. The highest BCUT2D eigenvalue weighted by Crippen LogP contribution is 2.11. The lowest BCUT2D eigenvalue weighted by Crippen LogP contribution is -2.29. The lowest BCUT2D eigenvalue weighted by molar-refractivity contribution is 0.142. The Kier molecular flexibility index (Phi) is 4.31. The summed E-state index contributed by atoms with van der Waals surface area (Å²) in [4.78, 5) is 0. The molecule has 1 saturated heterocycles. The fourth-order valence-electron chi connectivity index (χ4n) is 2.00. The summed E-state index contributed by atoms with van der Waals surface area (Å²) in [6, 6.07) is 7.39. The van der Waals surface area contributed by atoms with Gasteiger partial charge < -0.3 is 10.1 Å². The van der Waals surface area contributed by atoms with Gasteiger partial charge in [0.15, 0.2) is 0 Å². The topological polar surface area (TPSA) is 21.3 Å². The van der Waals surface area contributed by atoms with E-state index in [-0.39, 0.29) is 5.82 Å². The van der Waals surface area contributed by atoms with Crippen LogP contribution in [0.1, 0.15) is 24.8 Å². The van der Waals surface area contributed by atoms with Crippen LogP contribution in [-0.4, -0.2) is 19.3 Å². The number of benzene rings is 1. The molecule has 0 unspecified atom stereocenters. The molecule has 2 nitrogen and oxygen atoms in total. The van der Waals surface area contributed by atoms with E-state index in [2.05, 4.69) is 5.32 Å². The van der Waals surface area contributed by atoms with Crippen LogP contribution in [0.5, 0.6) is 0 Å². The number of nitrogens with one attached hydrogen (secondary N) is 1. The van der Waals surface area contributed by atoms with Gasteiger partial charge in [-0.05, 0) is 25.3 Å². The third-order valence-corrected chi connectivity index (χ3v) is 2.99. The van der Waals surface area contributed by atoms with Gasteiger partial charge in [0.05, 0.1) is 0 Å². The summed E-state index contributed by atoms with van der Waals surface area (Å²) in [6.07, 6.45) is 3.23. The predicted octanol–water partition coefficient (Wildman–Crippen LogP) is 2.48. The van der Waals surface area contributed by atoms with Crippen molar-refractivity contribution in [2.45, 2.75) is 31.8 Å². The fourth-order valence-corrected chi connectivity index (χ4v) is 2.00. The maximum Gasteiger partial charge on any atom is 0.127 e. The van der Waals surface area contributed by atoms with E-state index in [1.54, 1.807) is 6.07 Å². The van der Waals surface area contributed by atoms with E-state index in [0.717, 1.165) is 38.0 Å². The van der Waals surface area contributed by atoms with Gasteiger partial charge in [-0.3, -0.25) is 0 Å². The van der Waals surface area contributed by atoms with Crippen LogP contribution in [0, 0.1) is 5.82 Å². The second-order valence-corrected chi connectivity index (χ2v) is 4.21. The van der Waals surface area contributed by atoms with Crippen LogP contribution in [0.2, 0.25) is 0 Å². The zero-order valence-corrected chi connectivity index (χ0v) is 9.42. The second-order valence-electron chi connectivity index (χ2n) is 4.21. The maximum atomic E-state index is 13.4. The first-order chi connectivity index (χ1) is 7.86. The van der Waals surface area contributed by atoms with E-state index in [9.17, 15) is 4.39 Å². The van der Waals surface area contributed by atoms with Gasteiger partial charge in [-0.25, -0.2) is 4.39 Å². The van der Waals surface area contributed by atoms with Crippen LogP contribution in [-0.2, 0) is 11.3 Å². The molecule has 3 heteroatoms. The summed E-state index contributed by atoms with van der Waals surface area (Å²) >= 11 is 0. The summed E-state index contributed by atoms with van der Waals surface area (Å²) in [5, 5.41) is 3.40. The minimum atomic E-state index is -0.125. The van der Waals surface area contributed by atoms with E-state index in [1.807, 2.05) is 12.1 Å². The Hall–Kier alpha value is -0.930. The van der Waals surface area contributed by atoms with E-state index in [4.69, 9.17) is 4.74 Å². The largest absolute Gasteiger partial charge is 0.381 e. The van der Waals surface area contributed by atoms with E-state index in [0.29, 0.717) is 12.6 Å². The Morgan fingerprint density at radius 2 is 2.12 bits per heavy atom. The van der Waals surface area contributed by atoms with Gasteiger partial charge in [-0.15, -0.1) is 0 Å². The fraction of sp³-hybridized carbons (Fsp3) is 0.538. The molecule has 1 aromatic rings. The van der Waals surface area contributed by atoms with Crippen molar-refractivity contribution in [3.63, 3.8) is 0 Å². The van der Waals surface area contributed by atoms with Crippen molar-refractivity contribution in [2.24, 2.45) is 0 Å². The highest BCUT2D eigenvalue weighted by Gasteiger charge is 2.12. The summed E-state index contributed by atoms with van der Waals surface area (Å²) in [5.41, 5.74) is 0.743. The van der Waals surface area contributed by atoms with Crippen molar-refractivity contribution < 1.29 is 9.13 Å². The SMILES string of the molecule is Fc1ccccc1CN[C@@H]1CCCOCC1. The molecule has 2 rings (SSSR count). The smallest absolute Gasteiger partial charge is 0.127 e. The summed E-state index contributed by atoms with van der Waals surface area (Å²) in [7, 11) is 0. The van der Waals surface area contributed by atoms with Gasteiger partial charge in [-0.1, -0.05) is 18.2 Å². The Morgan fingerprint density at radius 1 is 1.25 bits per heavy atom. The van der Waals surface area contributed by atoms with Crippen LogP contribution in [0.4, 0.5) is 4.39 Å². The molecule has 1 aliphatic rings. The molecule has 0 aromatic heterocycles. The molecule has 0 bridgehead atoms. The average Bonchev–Trinajstić information content (AvgIpc) is 2.56. The molecular weight excluding hydrogens is 205 g/mol. The van der Waals surface area contributed by atoms with Gasteiger partial charge in [0.2, 0.25) is 0 Å². The molecule has 1 aliphatic heterocycles. The minimum absolute atomic E-state index is 0.125. The minimum Gasteiger partial charge on any atom is -0.381 e. The van der Waals surface area contributed by atoms with E-state index < -0.39 is 0 Å². The van der Waals surface area contributed by atoms with Gasteiger partial charge in [-0.2, -0.15) is 0 Å². The molecular formula is C13H18FNO. The third kappa shape index (κ3) is 3.29. The zero-order chi connectivity index (χ0) is 11.2. The number of hydrogen-bond donors (Lipinski definition) is 1. The summed E-state index contributed by atoms with van der Waals surface area (Å²) in [6.45, 7) is 2.28. The molecule has 1 aromatic carbocycles. The Morgan fingerprint density at radius 3 is 3.00 bits per heavy atom.